The monoisotopic (exact) mass is 129 g/mol. The number of hydrogen-bond donors (Lipinski definition) is 0. The standard InChI is InChI=1S/CH3Cl.CH4O2S/c1-2;1-4(2)3/h1H3;1H3,(H,2,3)/p-1. The van der Waals surface area contributed by atoms with E-state index in [2.05, 4.69) is 11.6 Å². The third-order valence-corrected chi connectivity index (χ3v) is 0. The van der Waals surface area contributed by atoms with Crippen molar-refractivity contribution in [3.8, 4) is 0 Å². The van der Waals surface area contributed by atoms with E-state index in [1.807, 2.05) is 0 Å². The van der Waals surface area contributed by atoms with Crippen LogP contribution in [0.1, 0.15) is 0 Å². The maximum absolute atomic E-state index is 9.00. The van der Waals surface area contributed by atoms with Crippen LogP contribution >= 0.6 is 11.6 Å². The highest BCUT2D eigenvalue weighted by Gasteiger charge is 1.41. The smallest absolute Gasteiger partial charge is 0.0108 e. The van der Waals surface area contributed by atoms with Crippen LogP contribution in [0, 0.1) is 0 Å². The van der Waals surface area contributed by atoms with Crippen LogP contribution in [0.25, 0.3) is 0 Å². The summed E-state index contributed by atoms with van der Waals surface area (Å²) in [6.45, 7) is 0. The lowest BCUT2D eigenvalue weighted by molar-refractivity contribution is 0.543. The third kappa shape index (κ3) is 318. The molecule has 2 nitrogen and oxygen atoms in total. The molecule has 0 saturated carbocycles. The van der Waals surface area contributed by atoms with E-state index >= 15 is 0 Å². The highest BCUT2D eigenvalue weighted by molar-refractivity contribution is 7.78. The van der Waals surface area contributed by atoms with E-state index in [0.29, 0.717) is 0 Å². The molecule has 0 aliphatic rings. The van der Waals surface area contributed by atoms with Gasteiger partial charge in [-0.25, -0.2) is 0 Å². The molecular weight excluding hydrogens is 124 g/mol. The predicted molar refractivity (Wildman–Crippen MR) is 26.6 cm³/mol. The average molecular weight is 130 g/mol. The Morgan fingerprint density at radius 2 is 1.67 bits per heavy atom. The Bertz CT molecular complexity index is 34.5. The number of halogens is 1. The summed E-state index contributed by atoms with van der Waals surface area (Å²) < 4.78 is 18.0. The molecule has 0 aromatic heterocycles. The van der Waals surface area contributed by atoms with Crippen molar-refractivity contribution in [1.82, 2.24) is 0 Å². The molecule has 0 aliphatic heterocycles. The summed E-state index contributed by atoms with van der Waals surface area (Å²) in [6.07, 6.45) is 2.56. The van der Waals surface area contributed by atoms with Crippen molar-refractivity contribution in [3.05, 3.63) is 0 Å². The molecule has 0 amide bonds. The van der Waals surface area contributed by atoms with Crippen molar-refractivity contribution < 1.29 is 8.76 Å². The second kappa shape index (κ2) is 9.04. The Kier molecular flexibility index (Phi) is 14.5. The molecule has 0 aromatic carbocycles. The minimum absolute atomic E-state index is 1.08. The molecule has 0 radical (unpaired) electrons. The maximum atomic E-state index is 9.00. The molecule has 0 spiro atoms. The molecule has 0 aliphatic carbocycles. The third-order valence-electron chi connectivity index (χ3n) is 0. The van der Waals surface area contributed by atoms with Gasteiger partial charge in [0.15, 0.2) is 0 Å². The lowest BCUT2D eigenvalue weighted by Gasteiger charge is -1.85. The van der Waals surface area contributed by atoms with Crippen LogP contribution < -0.4 is 0 Å². The van der Waals surface area contributed by atoms with Crippen molar-refractivity contribution in [2.75, 3.05) is 12.6 Å². The van der Waals surface area contributed by atoms with Gasteiger partial charge in [0.1, 0.15) is 0 Å². The van der Waals surface area contributed by atoms with Gasteiger partial charge < -0.3 is 4.55 Å². The van der Waals surface area contributed by atoms with Gasteiger partial charge >= 0.3 is 0 Å². The summed E-state index contributed by atoms with van der Waals surface area (Å²) in [5.41, 5.74) is 0. The lowest BCUT2D eigenvalue weighted by atomic mass is 12.0. The highest BCUT2D eigenvalue weighted by Crippen LogP contribution is 1.45. The average Bonchev–Trinajstić information content (AvgIpc) is 1.41. The summed E-state index contributed by atoms with van der Waals surface area (Å²) in [5.74, 6) is 0. The van der Waals surface area contributed by atoms with E-state index in [0.717, 1.165) is 6.26 Å². The summed E-state index contributed by atoms with van der Waals surface area (Å²) in [4.78, 5) is 0. The fraction of sp³-hybridized carbons (Fsp3) is 1.00. The van der Waals surface area contributed by atoms with Gasteiger partial charge in [-0.3, -0.25) is 4.21 Å². The van der Waals surface area contributed by atoms with Crippen LogP contribution in [0.3, 0.4) is 0 Å². The molecular formula is C2H6ClO2S-. The summed E-state index contributed by atoms with van der Waals surface area (Å²) in [7, 11) is 0. The number of alkyl halides is 1. The van der Waals surface area contributed by atoms with Gasteiger partial charge in [-0.05, 0) is 6.26 Å². The Balaban J connectivity index is 0. The minimum Gasteiger partial charge on any atom is -0.773 e. The van der Waals surface area contributed by atoms with Crippen LogP contribution in [-0.2, 0) is 11.1 Å². The van der Waals surface area contributed by atoms with Crippen molar-refractivity contribution in [3.63, 3.8) is 0 Å². The van der Waals surface area contributed by atoms with Crippen molar-refractivity contribution >= 4 is 22.7 Å². The van der Waals surface area contributed by atoms with Gasteiger partial charge in [-0.1, -0.05) is 11.1 Å². The maximum Gasteiger partial charge on any atom is 0.0108 e. The first kappa shape index (κ1) is 9.64. The first-order chi connectivity index (χ1) is 2.73. The topological polar surface area (TPSA) is 40.1 Å². The molecule has 1 unspecified atom stereocenters. The van der Waals surface area contributed by atoms with Gasteiger partial charge in [-0.15, -0.1) is 11.6 Å². The Morgan fingerprint density at radius 1 is 1.67 bits per heavy atom. The second-order valence-corrected chi connectivity index (χ2v) is 1.20. The van der Waals surface area contributed by atoms with E-state index < -0.39 is 11.1 Å². The van der Waals surface area contributed by atoms with Gasteiger partial charge in [0.25, 0.3) is 0 Å². The molecule has 0 N–H and O–H groups in total. The van der Waals surface area contributed by atoms with Gasteiger partial charge in [-0.2, -0.15) is 0 Å². The van der Waals surface area contributed by atoms with Gasteiger partial charge in [0.2, 0.25) is 0 Å². The van der Waals surface area contributed by atoms with Crippen LogP contribution in [-0.4, -0.2) is 21.4 Å². The number of hydrogen-bond acceptors (Lipinski definition) is 2. The van der Waals surface area contributed by atoms with Crippen LogP contribution in [0.2, 0.25) is 0 Å². The molecule has 0 saturated heterocycles. The predicted octanol–water partition coefficient (Wildman–Crippen LogP) is 0.350. The molecule has 0 fully saturated rings. The zero-order chi connectivity index (χ0) is 5.58. The second-order valence-electron chi connectivity index (χ2n) is 0.401. The van der Waals surface area contributed by atoms with Crippen LogP contribution in [0.5, 0.6) is 0 Å². The summed E-state index contributed by atoms with van der Waals surface area (Å²) in [5, 5.41) is 0. The highest BCUT2D eigenvalue weighted by atomic mass is 35.5. The zero-order valence-corrected chi connectivity index (χ0v) is 5.18. The molecule has 0 heterocycles. The fourth-order valence-electron chi connectivity index (χ4n) is 0. The fourth-order valence-corrected chi connectivity index (χ4v) is 0. The first-order valence-electron chi connectivity index (χ1n) is 1.12. The normalized spacial score (nSPS) is 11.3. The zero-order valence-electron chi connectivity index (χ0n) is 3.60. The summed E-state index contributed by atoms with van der Waals surface area (Å²) in [6, 6.07) is 0. The van der Waals surface area contributed by atoms with Crippen LogP contribution in [0.4, 0.5) is 0 Å². The Labute approximate surface area is 44.8 Å². The largest absolute Gasteiger partial charge is 0.773 e. The lowest BCUT2D eigenvalue weighted by Crippen LogP contribution is -1.73. The molecule has 0 rings (SSSR count). The Morgan fingerprint density at radius 3 is 1.67 bits per heavy atom. The van der Waals surface area contributed by atoms with Crippen molar-refractivity contribution in [1.29, 1.82) is 0 Å². The van der Waals surface area contributed by atoms with Crippen LogP contribution in [0.15, 0.2) is 0 Å². The van der Waals surface area contributed by atoms with Gasteiger partial charge in [0.05, 0.1) is 0 Å². The van der Waals surface area contributed by atoms with E-state index in [1.54, 1.807) is 0 Å². The molecule has 4 heteroatoms. The van der Waals surface area contributed by atoms with E-state index in [4.69, 9.17) is 8.76 Å². The molecule has 6 heavy (non-hydrogen) atoms. The summed E-state index contributed by atoms with van der Waals surface area (Å²) >= 11 is 2.78. The molecule has 0 bridgehead atoms. The van der Waals surface area contributed by atoms with E-state index in [-0.39, 0.29) is 0 Å². The van der Waals surface area contributed by atoms with Crippen molar-refractivity contribution in [2.24, 2.45) is 0 Å². The first-order valence-corrected chi connectivity index (χ1v) is 3.36. The van der Waals surface area contributed by atoms with Crippen molar-refractivity contribution in [2.45, 2.75) is 0 Å². The van der Waals surface area contributed by atoms with Gasteiger partial charge in [0, 0.05) is 6.38 Å². The minimum atomic E-state index is -1.86. The molecule has 1 atom stereocenters. The molecule has 0 aromatic rings. The quantitative estimate of drug-likeness (QED) is 0.350. The Hall–Kier alpha value is 0.400. The van der Waals surface area contributed by atoms with E-state index in [9.17, 15) is 0 Å². The number of rotatable bonds is 0. The molecule has 40 valence electrons. The SMILES string of the molecule is CCl.CS(=O)[O-]. The van der Waals surface area contributed by atoms with E-state index in [1.165, 1.54) is 6.38 Å².